The molecule has 124 valence electrons. The Hall–Kier alpha value is -3.02. The SMILES string of the molecule is CCOC(=O)c1cc2cc(CNc3ccc(OC)nc3)ccc2o1. The van der Waals surface area contributed by atoms with Crippen LogP contribution in [-0.4, -0.2) is 24.7 Å². The first-order chi connectivity index (χ1) is 11.7. The topological polar surface area (TPSA) is 73.6 Å². The maximum atomic E-state index is 11.7. The lowest BCUT2D eigenvalue weighted by molar-refractivity contribution is 0.0492. The number of aromatic nitrogens is 1. The Labute approximate surface area is 139 Å². The minimum absolute atomic E-state index is 0.219. The molecule has 6 heteroatoms. The third-order valence-corrected chi connectivity index (χ3v) is 3.50. The molecule has 1 N–H and O–H groups in total. The molecule has 0 spiro atoms. The Morgan fingerprint density at radius 2 is 2.12 bits per heavy atom. The van der Waals surface area contributed by atoms with E-state index in [9.17, 15) is 4.79 Å². The van der Waals surface area contributed by atoms with E-state index in [0.29, 0.717) is 24.6 Å². The molecule has 3 aromatic rings. The molecule has 2 aromatic heterocycles. The quantitative estimate of drug-likeness (QED) is 0.697. The standard InChI is InChI=1S/C18H18N2O4/c1-3-23-18(21)16-9-13-8-12(4-6-15(13)24-16)10-19-14-5-7-17(22-2)20-11-14/h4-9,11,19H,3,10H2,1-2H3. The van der Waals surface area contributed by atoms with Crippen LogP contribution in [0.1, 0.15) is 23.0 Å². The fourth-order valence-corrected chi connectivity index (χ4v) is 2.32. The molecule has 6 nitrogen and oxygen atoms in total. The Morgan fingerprint density at radius 3 is 2.83 bits per heavy atom. The van der Waals surface area contributed by atoms with Crippen LogP contribution in [0.15, 0.2) is 47.0 Å². The second-order valence-corrected chi connectivity index (χ2v) is 5.15. The molecule has 0 fully saturated rings. The molecule has 0 aliphatic carbocycles. The molecule has 0 saturated heterocycles. The number of rotatable bonds is 6. The van der Waals surface area contributed by atoms with Crippen LogP contribution < -0.4 is 10.1 Å². The highest BCUT2D eigenvalue weighted by Crippen LogP contribution is 2.22. The van der Waals surface area contributed by atoms with E-state index in [-0.39, 0.29) is 5.76 Å². The van der Waals surface area contributed by atoms with Gasteiger partial charge >= 0.3 is 5.97 Å². The molecule has 0 radical (unpaired) electrons. The van der Waals surface area contributed by atoms with Crippen LogP contribution >= 0.6 is 0 Å². The van der Waals surface area contributed by atoms with Gasteiger partial charge < -0.3 is 19.2 Å². The van der Waals surface area contributed by atoms with Crippen molar-refractivity contribution in [3.63, 3.8) is 0 Å². The number of hydrogen-bond acceptors (Lipinski definition) is 6. The zero-order valence-corrected chi connectivity index (χ0v) is 13.5. The van der Waals surface area contributed by atoms with Gasteiger partial charge in [0.2, 0.25) is 11.6 Å². The maximum absolute atomic E-state index is 11.7. The summed E-state index contributed by atoms with van der Waals surface area (Å²) in [6, 6.07) is 11.2. The van der Waals surface area contributed by atoms with Gasteiger partial charge in [-0.3, -0.25) is 0 Å². The van der Waals surface area contributed by atoms with E-state index < -0.39 is 5.97 Å². The van der Waals surface area contributed by atoms with Gasteiger partial charge in [-0.15, -0.1) is 0 Å². The molecule has 1 aromatic carbocycles. The van der Waals surface area contributed by atoms with Gasteiger partial charge in [-0.2, -0.15) is 0 Å². The van der Waals surface area contributed by atoms with Crippen LogP contribution in [-0.2, 0) is 11.3 Å². The van der Waals surface area contributed by atoms with Crippen LogP contribution in [0.4, 0.5) is 5.69 Å². The number of pyridine rings is 1. The number of hydrogen-bond donors (Lipinski definition) is 1. The molecule has 0 bridgehead atoms. The fourth-order valence-electron chi connectivity index (χ4n) is 2.32. The summed E-state index contributed by atoms with van der Waals surface area (Å²) in [6.45, 7) is 2.71. The molecule has 0 aliphatic rings. The normalized spacial score (nSPS) is 10.6. The summed E-state index contributed by atoms with van der Waals surface area (Å²) in [7, 11) is 1.58. The lowest BCUT2D eigenvalue weighted by atomic mass is 10.1. The minimum atomic E-state index is -0.447. The third-order valence-electron chi connectivity index (χ3n) is 3.50. The molecule has 24 heavy (non-hydrogen) atoms. The van der Waals surface area contributed by atoms with Gasteiger partial charge in [-0.05, 0) is 36.8 Å². The zero-order chi connectivity index (χ0) is 16.9. The number of methoxy groups -OCH3 is 1. The van der Waals surface area contributed by atoms with E-state index in [0.717, 1.165) is 16.6 Å². The number of ether oxygens (including phenoxy) is 2. The van der Waals surface area contributed by atoms with Crippen molar-refractivity contribution in [2.75, 3.05) is 19.0 Å². The van der Waals surface area contributed by atoms with Crippen molar-refractivity contribution in [3.8, 4) is 5.88 Å². The lowest BCUT2D eigenvalue weighted by Gasteiger charge is -2.06. The van der Waals surface area contributed by atoms with Gasteiger partial charge in [0.1, 0.15) is 5.58 Å². The maximum Gasteiger partial charge on any atom is 0.374 e. The van der Waals surface area contributed by atoms with Crippen molar-refractivity contribution in [1.82, 2.24) is 4.98 Å². The summed E-state index contributed by atoms with van der Waals surface area (Å²) < 4.78 is 15.5. The first kappa shape index (κ1) is 15.9. The number of furan rings is 1. The van der Waals surface area contributed by atoms with Crippen LogP contribution in [0.5, 0.6) is 5.88 Å². The highest BCUT2D eigenvalue weighted by Gasteiger charge is 2.13. The van der Waals surface area contributed by atoms with E-state index in [1.807, 2.05) is 24.3 Å². The van der Waals surface area contributed by atoms with E-state index >= 15 is 0 Å². The number of carbonyl (C=O) groups excluding carboxylic acids is 1. The monoisotopic (exact) mass is 326 g/mol. The molecule has 0 saturated carbocycles. The second-order valence-electron chi connectivity index (χ2n) is 5.15. The Morgan fingerprint density at radius 1 is 1.25 bits per heavy atom. The van der Waals surface area contributed by atoms with Crippen molar-refractivity contribution in [1.29, 1.82) is 0 Å². The number of carbonyl (C=O) groups is 1. The van der Waals surface area contributed by atoms with Gasteiger partial charge in [-0.1, -0.05) is 6.07 Å². The average Bonchev–Trinajstić information content (AvgIpc) is 3.04. The number of anilines is 1. The molecule has 3 rings (SSSR count). The predicted molar refractivity (Wildman–Crippen MR) is 90.3 cm³/mol. The van der Waals surface area contributed by atoms with Crippen molar-refractivity contribution in [3.05, 3.63) is 53.9 Å². The molecule has 0 aliphatic heterocycles. The van der Waals surface area contributed by atoms with Gasteiger partial charge in [0, 0.05) is 18.0 Å². The molecule has 2 heterocycles. The van der Waals surface area contributed by atoms with Crippen molar-refractivity contribution in [2.24, 2.45) is 0 Å². The zero-order valence-electron chi connectivity index (χ0n) is 13.5. The predicted octanol–water partition coefficient (Wildman–Crippen LogP) is 3.63. The Balaban J connectivity index is 1.71. The second kappa shape index (κ2) is 7.04. The largest absolute Gasteiger partial charge is 0.481 e. The van der Waals surface area contributed by atoms with Crippen LogP contribution in [0.2, 0.25) is 0 Å². The van der Waals surface area contributed by atoms with Crippen LogP contribution in [0.3, 0.4) is 0 Å². The minimum Gasteiger partial charge on any atom is -0.481 e. The smallest absolute Gasteiger partial charge is 0.374 e. The summed E-state index contributed by atoms with van der Waals surface area (Å²) in [5.41, 5.74) is 2.62. The summed E-state index contributed by atoms with van der Waals surface area (Å²) in [5.74, 6) is 0.348. The molecule has 0 amide bonds. The van der Waals surface area contributed by atoms with Crippen molar-refractivity contribution >= 4 is 22.6 Å². The van der Waals surface area contributed by atoms with Gasteiger partial charge in [0.15, 0.2) is 0 Å². The summed E-state index contributed by atoms with van der Waals surface area (Å²) in [5, 5.41) is 4.15. The number of fused-ring (bicyclic) bond motifs is 1. The third kappa shape index (κ3) is 3.48. The summed E-state index contributed by atoms with van der Waals surface area (Å²) in [6.07, 6.45) is 1.72. The number of benzene rings is 1. The van der Waals surface area contributed by atoms with Crippen LogP contribution in [0.25, 0.3) is 11.0 Å². The lowest BCUT2D eigenvalue weighted by Crippen LogP contribution is -2.02. The van der Waals surface area contributed by atoms with Gasteiger partial charge in [0.25, 0.3) is 0 Å². The summed E-state index contributed by atoms with van der Waals surface area (Å²) >= 11 is 0. The van der Waals surface area contributed by atoms with Gasteiger partial charge in [-0.25, -0.2) is 9.78 Å². The average molecular weight is 326 g/mol. The molecule has 0 unspecified atom stereocenters. The number of nitrogens with one attached hydrogen (secondary N) is 1. The van der Waals surface area contributed by atoms with Crippen LogP contribution in [0, 0.1) is 0 Å². The van der Waals surface area contributed by atoms with E-state index in [2.05, 4.69) is 10.3 Å². The van der Waals surface area contributed by atoms with Crippen molar-refractivity contribution < 1.29 is 18.7 Å². The fraction of sp³-hybridized carbons (Fsp3) is 0.222. The first-order valence-electron chi connectivity index (χ1n) is 7.63. The molecular formula is C18H18N2O4. The Kier molecular flexibility index (Phi) is 4.65. The molecular weight excluding hydrogens is 308 g/mol. The summed E-state index contributed by atoms with van der Waals surface area (Å²) in [4.78, 5) is 15.9. The highest BCUT2D eigenvalue weighted by molar-refractivity contribution is 5.92. The van der Waals surface area contributed by atoms with Gasteiger partial charge in [0.05, 0.1) is 25.6 Å². The molecule has 0 atom stereocenters. The first-order valence-corrected chi connectivity index (χ1v) is 7.63. The van der Waals surface area contributed by atoms with E-state index in [1.165, 1.54) is 0 Å². The Bertz CT molecular complexity index is 840. The number of nitrogens with zero attached hydrogens (tertiary/aromatic N) is 1. The highest BCUT2D eigenvalue weighted by atomic mass is 16.5. The number of esters is 1. The van der Waals surface area contributed by atoms with E-state index in [4.69, 9.17) is 13.9 Å². The van der Waals surface area contributed by atoms with E-state index in [1.54, 1.807) is 32.4 Å². The van der Waals surface area contributed by atoms with Crippen molar-refractivity contribution in [2.45, 2.75) is 13.5 Å².